The molecule has 1 amide bonds. The highest BCUT2D eigenvalue weighted by atomic mass is 32.2. The van der Waals surface area contributed by atoms with Crippen LogP contribution in [0.1, 0.15) is 23.6 Å². The van der Waals surface area contributed by atoms with Crippen molar-refractivity contribution in [3.8, 4) is 11.1 Å². The average Bonchev–Trinajstić information content (AvgIpc) is 3.35. The number of hydrogen-bond donors (Lipinski definition) is 5. The molecule has 4 rings (SSSR count). The number of rotatable bonds is 10. The molecule has 0 aliphatic carbocycles. The average molecular weight is 600 g/mol. The first-order chi connectivity index (χ1) is 19.4. The zero-order valence-corrected chi connectivity index (χ0v) is 22.6. The summed E-state index contributed by atoms with van der Waals surface area (Å²) in [4.78, 5) is 13.3. The number of nitrogens with zero attached hydrogens (tertiary/aromatic N) is 1. The summed E-state index contributed by atoms with van der Waals surface area (Å²) in [6.45, 7) is 0.0874. The third-order valence-electron chi connectivity index (χ3n) is 6.31. The van der Waals surface area contributed by atoms with Crippen LogP contribution in [-0.2, 0) is 21.4 Å². The Morgan fingerprint density at radius 2 is 1.76 bits per heavy atom. The highest BCUT2D eigenvalue weighted by Gasteiger charge is 2.33. The molecule has 1 heterocycles. The number of halogens is 5. The molecule has 3 aromatic rings. The number of anilines is 2. The number of aliphatic hydroxyl groups is 1. The summed E-state index contributed by atoms with van der Waals surface area (Å²) in [5.74, 6) is -7.01. The van der Waals surface area contributed by atoms with E-state index >= 15 is 8.78 Å². The molecule has 0 spiro atoms. The summed E-state index contributed by atoms with van der Waals surface area (Å²) in [6, 6.07) is 3.60. The SMILES string of the molecule is CN(C)CCCNC(=O)C1NNc2c1ccc(-c1c(F)ccc(NS(=O)(=O)c3cc(F)cc(CO)c3F)c1F)c2F. The van der Waals surface area contributed by atoms with Crippen LogP contribution in [0.5, 0.6) is 0 Å². The van der Waals surface area contributed by atoms with E-state index in [4.69, 9.17) is 0 Å². The topological polar surface area (TPSA) is 123 Å². The Kier molecular flexibility index (Phi) is 8.82. The van der Waals surface area contributed by atoms with Gasteiger partial charge in [-0.3, -0.25) is 9.52 Å². The van der Waals surface area contributed by atoms with Crippen LogP contribution in [0.15, 0.2) is 41.3 Å². The number of fused-ring (bicyclic) bond motifs is 1. The molecule has 0 radical (unpaired) electrons. The number of sulfonamides is 1. The fourth-order valence-electron chi connectivity index (χ4n) is 4.30. The molecule has 9 nitrogen and oxygen atoms in total. The molecule has 0 aromatic heterocycles. The van der Waals surface area contributed by atoms with E-state index in [1.165, 1.54) is 6.07 Å². The van der Waals surface area contributed by atoms with Gasteiger partial charge in [0.2, 0.25) is 5.91 Å². The molecule has 1 aliphatic heterocycles. The molecular weight excluding hydrogens is 573 g/mol. The Morgan fingerprint density at radius 3 is 2.44 bits per heavy atom. The number of hydrogen-bond acceptors (Lipinski definition) is 7. The Hall–Kier alpha value is -3.79. The largest absolute Gasteiger partial charge is 0.392 e. The number of nitrogens with one attached hydrogen (secondary N) is 4. The lowest BCUT2D eigenvalue weighted by Gasteiger charge is -2.15. The van der Waals surface area contributed by atoms with Crippen molar-refractivity contribution < 1.29 is 40.3 Å². The second kappa shape index (κ2) is 12.0. The Morgan fingerprint density at radius 1 is 1.02 bits per heavy atom. The first-order valence-electron chi connectivity index (χ1n) is 12.2. The van der Waals surface area contributed by atoms with Crippen molar-refractivity contribution in [3.05, 3.63) is 76.6 Å². The van der Waals surface area contributed by atoms with Crippen molar-refractivity contribution in [1.82, 2.24) is 15.6 Å². The third kappa shape index (κ3) is 6.12. The van der Waals surface area contributed by atoms with Gasteiger partial charge in [-0.2, -0.15) is 0 Å². The standard InChI is InChI=1S/C26H26F5N5O4S/c1-36(2)9-3-8-32-26(38)25-16-5-4-15(22(30)24(16)33-34-25)20-17(28)6-7-18(23(20)31)35-41(39,40)19-11-14(27)10-13(12-37)21(19)29/h4-7,10-11,25,33-35,37H,3,8-9,12H2,1-2H3,(H,32,38). The van der Waals surface area contributed by atoms with Gasteiger partial charge >= 0.3 is 0 Å². The van der Waals surface area contributed by atoms with Crippen LogP contribution >= 0.6 is 0 Å². The van der Waals surface area contributed by atoms with E-state index in [0.29, 0.717) is 37.2 Å². The van der Waals surface area contributed by atoms with Crippen molar-refractivity contribution >= 4 is 27.3 Å². The van der Waals surface area contributed by atoms with Gasteiger partial charge in [-0.25, -0.2) is 35.8 Å². The lowest BCUT2D eigenvalue weighted by molar-refractivity contribution is -0.123. The quantitative estimate of drug-likeness (QED) is 0.179. The van der Waals surface area contributed by atoms with Gasteiger partial charge in [0.25, 0.3) is 10.0 Å². The van der Waals surface area contributed by atoms with Crippen molar-refractivity contribution in [2.24, 2.45) is 0 Å². The molecular formula is C26H26F5N5O4S. The van der Waals surface area contributed by atoms with Crippen LogP contribution in [0.4, 0.5) is 33.3 Å². The molecule has 1 atom stereocenters. The number of aliphatic hydroxyl groups excluding tert-OH is 1. The molecule has 0 bridgehead atoms. The minimum absolute atomic E-state index is 0.176. The molecule has 0 fully saturated rings. The molecule has 3 aromatic carbocycles. The minimum Gasteiger partial charge on any atom is -0.392 e. The highest BCUT2D eigenvalue weighted by molar-refractivity contribution is 7.92. The van der Waals surface area contributed by atoms with E-state index in [9.17, 15) is 31.5 Å². The van der Waals surface area contributed by atoms with Gasteiger partial charge in [-0.15, -0.1) is 0 Å². The van der Waals surface area contributed by atoms with Gasteiger partial charge in [0.05, 0.1) is 23.5 Å². The second-order valence-corrected chi connectivity index (χ2v) is 11.1. The van der Waals surface area contributed by atoms with Gasteiger partial charge < -0.3 is 20.7 Å². The van der Waals surface area contributed by atoms with E-state index in [1.54, 1.807) is 4.72 Å². The molecule has 41 heavy (non-hydrogen) atoms. The summed E-state index contributed by atoms with van der Waals surface area (Å²) < 4.78 is 102. The third-order valence-corrected chi connectivity index (χ3v) is 7.68. The zero-order chi connectivity index (χ0) is 30.1. The van der Waals surface area contributed by atoms with E-state index in [1.807, 2.05) is 19.0 Å². The van der Waals surface area contributed by atoms with Crippen LogP contribution in [0.3, 0.4) is 0 Å². The maximum Gasteiger partial charge on any atom is 0.265 e. The lowest BCUT2D eigenvalue weighted by atomic mass is 9.97. The monoisotopic (exact) mass is 599 g/mol. The van der Waals surface area contributed by atoms with E-state index in [-0.39, 0.29) is 11.3 Å². The predicted molar refractivity (Wildman–Crippen MR) is 141 cm³/mol. The number of benzene rings is 3. The van der Waals surface area contributed by atoms with Crippen LogP contribution in [-0.4, -0.2) is 51.5 Å². The van der Waals surface area contributed by atoms with Crippen LogP contribution in [0, 0.1) is 29.1 Å². The Labute approximate surface area is 232 Å². The predicted octanol–water partition coefficient (Wildman–Crippen LogP) is 3.38. The number of carbonyl (C=O) groups is 1. The van der Waals surface area contributed by atoms with Gasteiger partial charge in [0.1, 0.15) is 28.4 Å². The highest BCUT2D eigenvalue weighted by Crippen LogP contribution is 2.40. The van der Waals surface area contributed by atoms with Crippen LogP contribution < -0.4 is 20.9 Å². The molecule has 220 valence electrons. The number of hydrazine groups is 1. The van der Waals surface area contributed by atoms with Gasteiger partial charge in [-0.05, 0) is 51.3 Å². The second-order valence-electron chi connectivity index (χ2n) is 9.47. The molecule has 1 aliphatic rings. The summed E-state index contributed by atoms with van der Waals surface area (Å²) in [7, 11) is -1.22. The van der Waals surface area contributed by atoms with Crippen LogP contribution in [0.2, 0.25) is 0 Å². The molecule has 0 saturated carbocycles. The fraction of sp³-hybridized carbons (Fsp3) is 0.269. The minimum atomic E-state index is -4.99. The van der Waals surface area contributed by atoms with Crippen molar-refractivity contribution in [3.63, 3.8) is 0 Å². The van der Waals surface area contributed by atoms with Gasteiger partial charge in [0.15, 0.2) is 11.6 Å². The molecule has 15 heteroatoms. The maximum absolute atomic E-state index is 15.5. The number of carbonyl (C=O) groups excluding carboxylic acids is 1. The first kappa shape index (κ1) is 30.2. The van der Waals surface area contributed by atoms with Gasteiger partial charge in [0, 0.05) is 23.2 Å². The molecule has 5 N–H and O–H groups in total. The van der Waals surface area contributed by atoms with Crippen molar-refractivity contribution in [2.75, 3.05) is 37.3 Å². The lowest BCUT2D eigenvalue weighted by Crippen LogP contribution is -2.37. The van der Waals surface area contributed by atoms with Crippen molar-refractivity contribution in [2.45, 2.75) is 24.0 Å². The fourth-order valence-corrected chi connectivity index (χ4v) is 5.49. The van der Waals surface area contributed by atoms with Crippen LogP contribution in [0.25, 0.3) is 11.1 Å². The Balaban J connectivity index is 1.65. The van der Waals surface area contributed by atoms with E-state index < -0.39 is 84.9 Å². The van der Waals surface area contributed by atoms with E-state index in [2.05, 4.69) is 16.2 Å². The van der Waals surface area contributed by atoms with E-state index in [0.717, 1.165) is 12.6 Å². The molecule has 1 unspecified atom stereocenters. The summed E-state index contributed by atoms with van der Waals surface area (Å²) in [5.41, 5.74) is 1.99. The molecule has 0 saturated heterocycles. The summed E-state index contributed by atoms with van der Waals surface area (Å²) >= 11 is 0. The maximum atomic E-state index is 15.5. The van der Waals surface area contributed by atoms with Gasteiger partial charge in [-0.1, -0.05) is 12.1 Å². The Bertz CT molecular complexity index is 1600. The first-order valence-corrected chi connectivity index (χ1v) is 13.7. The summed E-state index contributed by atoms with van der Waals surface area (Å²) in [6.07, 6.45) is 0.673. The zero-order valence-electron chi connectivity index (χ0n) is 21.8. The summed E-state index contributed by atoms with van der Waals surface area (Å²) in [5, 5.41) is 11.9. The van der Waals surface area contributed by atoms with Crippen molar-refractivity contribution in [1.29, 1.82) is 0 Å². The normalized spacial score (nSPS) is 14.6. The number of amides is 1. The smallest absolute Gasteiger partial charge is 0.265 e.